The third-order valence-corrected chi connectivity index (χ3v) is 6.47. The molecule has 0 bridgehead atoms. The third kappa shape index (κ3) is 19.3. The van der Waals surface area contributed by atoms with Gasteiger partial charge in [-0.25, -0.2) is 4.79 Å². The fourth-order valence-corrected chi connectivity index (χ4v) is 4.21. The third-order valence-electron chi connectivity index (χ3n) is 4.03. The molecule has 0 spiro atoms. The molecule has 0 aromatic carbocycles. The Balaban J connectivity index is 3.76. The van der Waals surface area contributed by atoms with E-state index >= 15 is 0 Å². The van der Waals surface area contributed by atoms with E-state index in [4.69, 9.17) is 15.2 Å². The minimum Gasteiger partial charge on any atom is -0.444 e. The smallest absolute Gasteiger partial charge is 0.408 e. The van der Waals surface area contributed by atoms with Gasteiger partial charge in [0.1, 0.15) is 5.60 Å². The van der Waals surface area contributed by atoms with Crippen LogP contribution in [-0.2, 0) is 14.3 Å². The van der Waals surface area contributed by atoms with Crippen LogP contribution in [0.5, 0.6) is 0 Å². The summed E-state index contributed by atoms with van der Waals surface area (Å²) in [6.45, 7) is 13.4. The van der Waals surface area contributed by atoms with Crippen LogP contribution in [0.3, 0.4) is 0 Å². The van der Waals surface area contributed by atoms with Crippen LogP contribution >= 0.6 is 21.6 Å². The number of unbranched alkanes of at least 4 members (excludes halogenated alkanes) is 1. The summed E-state index contributed by atoms with van der Waals surface area (Å²) in [6, 6.07) is 0. The van der Waals surface area contributed by atoms with Gasteiger partial charge >= 0.3 is 6.09 Å². The van der Waals surface area contributed by atoms with E-state index < -0.39 is 17.2 Å². The van der Waals surface area contributed by atoms with Gasteiger partial charge in [0.05, 0.1) is 6.10 Å². The van der Waals surface area contributed by atoms with Crippen molar-refractivity contribution in [3.63, 3.8) is 0 Å². The summed E-state index contributed by atoms with van der Waals surface area (Å²) >= 11 is 0. The molecule has 0 saturated carbocycles. The lowest BCUT2D eigenvalue weighted by Crippen LogP contribution is -2.46. The molecule has 4 N–H and O–H groups in total. The Bertz CT molecular complexity index is 485. The average molecular weight is 466 g/mol. The van der Waals surface area contributed by atoms with Crippen LogP contribution in [0.4, 0.5) is 4.79 Å². The Kier molecular flexibility index (Phi) is 15.7. The van der Waals surface area contributed by atoms with Crippen molar-refractivity contribution in [1.29, 1.82) is 0 Å². The summed E-state index contributed by atoms with van der Waals surface area (Å²) in [6.07, 6.45) is 3.70. The van der Waals surface area contributed by atoms with Gasteiger partial charge in [-0.2, -0.15) is 0 Å². The Hall–Kier alpha value is -0.640. The first kappa shape index (κ1) is 29.4. The number of carbonyl (C=O) groups is 2. The van der Waals surface area contributed by atoms with Crippen molar-refractivity contribution >= 4 is 33.6 Å². The van der Waals surface area contributed by atoms with Gasteiger partial charge in [0.15, 0.2) is 0 Å². The van der Waals surface area contributed by atoms with Gasteiger partial charge in [-0.05, 0) is 60.8 Å². The molecule has 0 rings (SSSR count). The molecule has 0 aliphatic heterocycles. The maximum absolute atomic E-state index is 11.9. The number of ether oxygens (including phenoxy) is 2. The van der Waals surface area contributed by atoms with E-state index in [0.717, 1.165) is 30.8 Å². The van der Waals surface area contributed by atoms with Crippen LogP contribution in [-0.4, -0.2) is 60.4 Å². The topological polar surface area (TPSA) is 103 Å². The molecule has 0 aromatic heterocycles. The predicted octanol–water partition coefficient (Wildman–Crippen LogP) is 4.10. The quantitative estimate of drug-likeness (QED) is 0.233. The first-order chi connectivity index (χ1) is 13.9. The molecule has 2 amide bonds. The second-order valence-corrected chi connectivity index (χ2v) is 11.7. The Morgan fingerprint density at radius 1 is 1.07 bits per heavy atom. The Morgan fingerprint density at radius 2 is 1.73 bits per heavy atom. The maximum Gasteiger partial charge on any atom is 0.408 e. The van der Waals surface area contributed by atoms with Crippen molar-refractivity contribution < 1.29 is 19.1 Å². The van der Waals surface area contributed by atoms with Crippen molar-refractivity contribution in [3.8, 4) is 0 Å². The van der Waals surface area contributed by atoms with E-state index in [1.165, 1.54) is 0 Å². The molecule has 0 aliphatic carbocycles. The van der Waals surface area contributed by atoms with Crippen LogP contribution in [0, 0.1) is 0 Å². The largest absolute Gasteiger partial charge is 0.444 e. The Morgan fingerprint density at radius 3 is 2.37 bits per heavy atom. The minimum atomic E-state index is -0.509. The van der Waals surface area contributed by atoms with E-state index in [9.17, 15) is 9.59 Å². The van der Waals surface area contributed by atoms with Crippen LogP contribution in [0.2, 0.25) is 0 Å². The highest BCUT2D eigenvalue weighted by Crippen LogP contribution is 2.19. The molecule has 0 radical (unpaired) electrons. The molecule has 0 fully saturated rings. The molecule has 0 aromatic rings. The maximum atomic E-state index is 11.9. The first-order valence-corrected chi connectivity index (χ1v) is 13.3. The number of carbonyl (C=O) groups excluding carboxylic acids is 2. The highest BCUT2D eigenvalue weighted by Gasteiger charge is 2.24. The molecule has 0 aliphatic rings. The van der Waals surface area contributed by atoms with E-state index in [-0.39, 0.29) is 12.0 Å². The normalized spacial score (nSPS) is 13.0. The molecule has 0 saturated heterocycles. The fourth-order valence-electron chi connectivity index (χ4n) is 2.44. The number of rotatable bonds is 16. The summed E-state index contributed by atoms with van der Waals surface area (Å²) < 4.78 is 11.2. The molecule has 1 atom stereocenters. The molecule has 30 heavy (non-hydrogen) atoms. The van der Waals surface area contributed by atoms with Gasteiger partial charge in [0, 0.05) is 43.2 Å². The predicted molar refractivity (Wildman–Crippen MR) is 129 cm³/mol. The number of alkyl carbamates (subject to hydrolysis) is 1. The standard InChI is InChI=1S/C21H43N3O4S2/c1-17(9-7-8-10-18(25)23-13-16-30-29-15-12-22)27-14-11-21(5,6)24-19(26)28-20(2,3)4/h17H,7-16,22H2,1-6H3,(H,23,25)(H,24,26). The van der Waals surface area contributed by atoms with Gasteiger partial charge in [-0.15, -0.1) is 0 Å². The van der Waals surface area contributed by atoms with E-state index in [1.807, 2.05) is 41.5 Å². The lowest BCUT2D eigenvalue weighted by molar-refractivity contribution is -0.121. The van der Waals surface area contributed by atoms with Crippen molar-refractivity contribution in [3.05, 3.63) is 0 Å². The zero-order valence-electron chi connectivity index (χ0n) is 19.7. The van der Waals surface area contributed by atoms with Gasteiger partial charge in [0.2, 0.25) is 5.91 Å². The Labute approximate surface area is 191 Å². The fraction of sp³-hybridized carbons (Fsp3) is 0.905. The number of nitrogens with one attached hydrogen (secondary N) is 2. The van der Waals surface area contributed by atoms with E-state index in [2.05, 4.69) is 10.6 Å². The zero-order chi connectivity index (χ0) is 23.0. The second-order valence-electron chi connectivity index (χ2n) is 8.97. The highest BCUT2D eigenvalue weighted by molar-refractivity contribution is 8.76. The van der Waals surface area contributed by atoms with Crippen LogP contribution in [0.1, 0.15) is 73.6 Å². The lowest BCUT2D eigenvalue weighted by atomic mass is 10.0. The van der Waals surface area contributed by atoms with E-state index in [0.29, 0.717) is 32.5 Å². The molecule has 9 heteroatoms. The molecule has 7 nitrogen and oxygen atoms in total. The monoisotopic (exact) mass is 465 g/mol. The summed E-state index contributed by atoms with van der Waals surface area (Å²) in [5, 5.41) is 5.84. The van der Waals surface area contributed by atoms with Crippen molar-refractivity contribution in [2.24, 2.45) is 5.73 Å². The molecular formula is C21H43N3O4S2. The van der Waals surface area contributed by atoms with Crippen molar-refractivity contribution in [2.75, 3.05) is 31.2 Å². The van der Waals surface area contributed by atoms with Crippen LogP contribution in [0.15, 0.2) is 0 Å². The SMILES string of the molecule is CC(CCCCC(=O)NCCSSCCN)OCCC(C)(C)NC(=O)OC(C)(C)C. The van der Waals surface area contributed by atoms with Gasteiger partial charge in [-0.1, -0.05) is 28.0 Å². The second kappa shape index (κ2) is 16.1. The molecule has 178 valence electrons. The minimum absolute atomic E-state index is 0.114. The molecule has 0 heterocycles. The number of amides is 2. The van der Waals surface area contributed by atoms with Crippen LogP contribution < -0.4 is 16.4 Å². The lowest BCUT2D eigenvalue weighted by Gasteiger charge is -2.29. The average Bonchev–Trinajstić information content (AvgIpc) is 2.59. The number of hydrogen-bond donors (Lipinski definition) is 3. The highest BCUT2D eigenvalue weighted by atomic mass is 33.1. The summed E-state index contributed by atoms with van der Waals surface area (Å²) in [5.41, 5.74) is 4.52. The molecule has 1 unspecified atom stereocenters. The summed E-state index contributed by atoms with van der Waals surface area (Å²) in [4.78, 5) is 23.7. The zero-order valence-corrected chi connectivity index (χ0v) is 21.3. The molecular weight excluding hydrogens is 422 g/mol. The number of nitrogens with two attached hydrogens (primary N) is 1. The number of hydrogen-bond acceptors (Lipinski definition) is 7. The van der Waals surface area contributed by atoms with E-state index in [1.54, 1.807) is 21.6 Å². The van der Waals surface area contributed by atoms with Crippen molar-refractivity contribution in [2.45, 2.75) is 90.9 Å². The van der Waals surface area contributed by atoms with Gasteiger partial charge in [0.25, 0.3) is 0 Å². The summed E-state index contributed by atoms with van der Waals surface area (Å²) in [5.74, 6) is 1.96. The first-order valence-electron chi connectivity index (χ1n) is 10.8. The van der Waals surface area contributed by atoms with Gasteiger partial charge < -0.3 is 25.8 Å². The van der Waals surface area contributed by atoms with Crippen LogP contribution in [0.25, 0.3) is 0 Å². The summed E-state index contributed by atoms with van der Waals surface area (Å²) in [7, 11) is 3.48. The van der Waals surface area contributed by atoms with Crippen molar-refractivity contribution in [1.82, 2.24) is 10.6 Å². The van der Waals surface area contributed by atoms with Gasteiger partial charge in [-0.3, -0.25) is 4.79 Å².